The van der Waals surface area contributed by atoms with Gasteiger partial charge in [0.15, 0.2) is 5.13 Å². The summed E-state index contributed by atoms with van der Waals surface area (Å²) in [6.07, 6.45) is 4.53. The fourth-order valence-electron chi connectivity index (χ4n) is 3.95. The van der Waals surface area contributed by atoms with Gasteiger partial charge in [-0.1, -0.05) is 22.9 Å². The molecule has 0 unspecified atom stereocenters. The molecule has 0 fully saturated rings. The monoisotopic (exact) mass is 536 g/mol. The van der Waals surface area contributed by atoms with Crippen molar-refractivity contribution in [1.29, 1.82) is 0 Å². The maximum atomic E-state index is 13.3. The molecule has 0 spiro atoms. The van der Waals surface area contributed by atoms with Crippen molar-refractivity contribution in [2.45, 2.75) is 20.0 Å². The van der Waals surface area contributed by atoms with Crippen LogP contribution in [-0.2, 0) is 13.1 Å². The third-order valence-corrected chi connectivity index (χ3v) is 6.99. The molecule has 0 bridgehead atoms. The minimum absolute atomic E-state index is 0.196. The number of methoxy groups -OCH3 is 2. The molecule has 0 saturated carbocycles. The van der Waals surface area contributed by atoms with Gasteiger partial charge in [0, 0.05) is 23.0 Å². The van der Waals surface area contributed by atoms with Crippen LogP contribution in [0, 0.1) is 6.92 Å². The van der Waals surface area contributed by atoms with E-state index in [1.165, 1.54) is 37.0 Å². The second kappa shape index (κ2) is 10.1. The number of aryl methyl sites for hydroxylation is 1. The zero-order valence-corrected chi connectivity index (χ0v) is 21.7. The smallest absolute Gasteiger partial charge is 0.273 e. The van der Waals surface area contributed by atoms with Gasteiger partial charge in [-0.05, 0) is 31.2 Å². The van der Waals surface area contributed by atoms with E-state index in [0.717, 1.165) is 16.3 Å². The second-order valence-corrected chi connectivity index (χ2v) is 9.64. The first-order valence-electron chi connectivity index (χ1n) is 11.1. The zero-order valence-electron chi connectivity index (χ0n) is 20.1. The predicted molar refractivity (Wildman–Crippen MR) is 138 cm³/mol. The van der Waals surface area contributed by atoms with Crippen LogP contribution < -0.4 is 14.8 Å². The molecule has 4 aromatic rings. The van der Waals surface area contributed by atoms with Gasteiger partial charge in [-0.3, -0.25) is 19.9 Å². The number of fused-ring (bicyclic) bond motifs is 1. The normalized spacial score (nSPS) is 12.3. The highest BCUT2D eigenvalue weighted by Crippen LogP contribution is 2.35. The summed E-state index contributed by atoms with van der Waals surface area (Å²) >= 11 is 7.45. The van der Waals surface area contributed by atoms with Crippen molar-refractivity contribution in [2.24, 2.45) is 0 Å². The van der Waals surface area contributed by atoms with Crippen LogP contribution in [0.15, 0.2) is 42.9 Å². The maximum absolute atomic E-state index is 13.3. The summed E-state index contributed by atoms with van der Waals surface area (Å²) in [7, 11) is 3.07. The Bertz CT molecular complexity index is 1480. The van der Waals surface area contributed by atoms with Crippen LogP contribution in [-0.4, -0.2) is 50.9 Å². The Morgan fingerprint density at radius 1 is 1.03 bits per heavy atom. The summed E-state index contributed by atoms with van der Waals surface area (Å²) in [6.45, 7) is 2.55. The number of aromatic nitrogens is 4. The van der Waals surface area contributed by atoms with E-state index in [-0.39, 0.29) is 17.0 Å². The van der Waals surface area contributed by atoms with E-state index in [9.17, 15) is 9.59 Å². The largest absolute Gasteiger partial charge is 0.495 e. The number of pyridine rings is 3. The van der Waals surface area contributed by atoms with Crippen molar-refractivity contribution in [3.05, 3.63) is 75.5 Å². The lowest BCUT2D eigenvalue weighted by Crippen LogP contribution is -2.26. The number of ether oxygens (including phenoxy) is 2. The summed E-state index contributed by atoms with van der Waals surface area (Å²) in [5.74, 6) is 0.490. The number of anilines is 1. The maximum Gasteiger partial charge on any atom is 0.273 e. The molecular weight excluding hydrogens is 516 g/mol. The molecular formula is C25H21ClN6O4S. The van der Waals surface area contributed by atoms with Crippen LogP contribution in [0.2, 0.25) is 5.15 Å². The van der Waals surface area contributed by atoms with E-state index < -0.39 is 0 Å². The van der Waals surface area contributed by atoms with Crippen molar-refractivity contribution in [3.63, 3.8) is 0 Å². The molecule has 5 heterocycles. The highest BCUT2D eigenvalue weighted by Gasteiger charge is 2.29. The molecule has 188 valence electrons. The van der Waals surface area contributed by atoms with E-state index >= 15 is 0 Å². The molecule has 5 rings (SSSR count). The Morgan fingerprint density at radius 3 is 2.57 bits per heavy atom. The highest BCUT2D eigenvalue weighted by atomic mass is 35.5. The number of rotatable bonds is 6. The van der Waals surface area contributed by atoms with Gasteiger partial charge in [-0.15, -0.1) is 0 Å². The average molecular weight is 537 g/mol. The molecule has 0 radical (unpaired) electrons. The van der Waals surface area contributed by atoms with Gasteiger partial charge < -0.3 is 14.4 Å². The molecule has 0 aromatic carbocycles. The number of thiazole rings is 1. The molecule has 12 heteroatoms. The predicted octanol–water partition coefficient (Wildman–Crippen LogP) is 4.38. The Balaban J connectivity index is 1.34. The number of amides is 2. The Labute approximate surface area is 221 Å². The number of hydrogen-bond donors (Lipinski definition) is 1. The molecule has 0 atom stereocenters. The Kier molecular flexibility index (Phi) is 6.72. The fraction of sp³-hybridized carbons (Fsp3) is 0.200. The Hall–Kier alpha value is -4.09. The molecule has 1 aliphatic rings. The third kappa shape index (κ3) is 4.95. The minimum atomic E-state index is -0.375. The molecule has 4 aromatic heterocycles. The van der Waals surface area contributed by atoms with Crippen LogP contribution in [0.1, 0.15) is 37.1 Å². The lowest BCUT2D eigenvalue weighted by Gasteiger charge is -2.15. The number of hydrogen-bond acceptors (Lipinski definition) is 9. The topological polar surface area (TPSA) is 119 Å². The van der Waals surface area contributed by atoms with Gasteiger partial charge in [0.2, 0.25) is 0 Å². The van der Waals surface area contributed by atoms with E-state index in [1.54, 1.807) is 36.3 Å². The highest BCUT2D eigenvalue weighted by molar-refractivity contribution is 7.16. The molecule has 0 saturated heterocycles. The molecule has 10 nitrogen and oxygen atoms in total. The van der Waals surface area contributed by atoms with Crippen molar-refractivity contribution in [2.75, 3.05) is 19.5 Å². The number of carbonyl (C=O) groups excluding carboxylic acids is 2. The molecule has 0 aliphatic carbocycles. The summed E-state index contributed by atoms with van der Waals surface area (Å²) < 4.78 is 10.5. The molecule has 1 N–H and O–H groups in total. The van der Waals surface area contributed by atoms with E-state index in [1.807, 2.05) is 6.92 Å². The quantitative estimate of drug-likeness (QED) is 0.360. The van der Waals surface area contributed by atoms with Crippen molar-refractivity contribution in [1.82, 2.24) is 24.8 Å². The number of halogens is 1. The van der Waals surface area contributed by atoms with Crippen LogP contribution in [0.3, 0.4) is 0 Å². The molecule has 2 amide bonds. The van der Waals surface area contributed by atoms with Gasteiger partial charge in [-0.25, -0.2) is 15.0 Å². The standard InChI is InChI=1S/C25H21ClN6O4S/c1-13-6-15(16-7-22(26)29-10-20(16)36-3)17(9-27-13)23(33)31-25-30-19-11-32(12-21(19)37-25)24(34)18-5-4-14(35-2)8-28-18/h4-10H,11-12H2,1-3H3,(H,30,31,33). The van der Waals surface area contributed by atoms with Crippen LogP contribution >= 0.6 is 22.9 Å². The average Bonchev–Trinajstić information content (AvgIpc) is 3.47. The van der Waals surface area contributed by atoms with Crippen LogP contribution in [0.5, 0.6) is 11.5 Å². The minimum Gasteiger partial charge on any atom is -0.495 e. The van der Waals surface area contributed by atoms with E-state index in [0.29, 0.717) is 52.1 Å². The fourth-order valence-corrected chi connectivity index (χ4v) is 5.08. The van der Waals surface area contributed by atoms with Crippen molar-refractivity contribution < 1.29 is 19.1 Å². The number of nitrogens with zero attached hydrogens (tertiary/aromatic N) is 5. The molecule has 1 aliphatic heterocycles. The summed E-state index contributed by atoms with van der Waals surface area (Å²) in [6, 6.07) is 6.77. The van der Waals surface area contributed by atoms with Gasteiger partial charge in [0.1, 0.15) is 22.3 Å². The lowest BCUT2D eigenvalue weighted by molar-refractivity contribution is 0.0744. The first-order chi connectivity index (χ1) is 17.9. The first-order valence-corrected chi connectivity index (χ1v) is 12.3. The van der Waals surface area contributed by atoms with Crippen molar-refractivity contribution in [3.8, 4) is 22.6 Å². The van der Waals surface area contributed by atoms with Gasteiger partial charge in [0.05, 0.1) is 55.8 Å². The van der Waals surface area contributed by atoms with Crippen LogP contribution in [0.4, 0.5) is 5.13 Å². The van der Waals surface area contributed by atoms with E-state index in [4.69, 9.17) is 21.1 Å². The van der Waals surface area contributed by atoms with Gasteiger partial charge >= 0.3 is 0 Å². The lowest BCUT2D eigenvalue weighted by atomic mass is 10.0. The zero-order chi connectivity index (χ0) is 26.1. The number of nitrogens with one attached hydrogen (secondary N) is 1. The SMILES string of the molecule is COc1ccc(C(=O)N2Cc3nc(NC(=O)c4cnc(C)cc4-c4cc(Cl)ncc4OC)sc3C2)nc1. The molecule has 37 heavy (non-hydrogen) atoms. The second-order valence-electron chi connectivity index (χ2n) is 8.17. The van der Waals surface area contributed by atoms with Crippen LogP contribution in [0.25, 0.3) is 11.1 Å². The summed E-state index contributed by atoms with van der Waals surface area (Å²) in [5, 5.41) is 3.58. The summed E-state index contributed by atoms with van der Waals surface area (Å²) in [4.78, 5) is 45.8. The third-order valence-electron chi connectivity index (χ3n) is 5.78. The van der Waals surface area contributed by atoms with Gasteiger partial charge in [-0.2, -0.15) is 0 Å². The Morgan fingerprint density at radius 2 is 1.86 bits per heavy atom. The summed E-state index contributed by atoms with van der Waals surface area (Å²) in [5.41, 5.74) is 3.37. The van der Waals surface area contributed by atoms with Gasteiger partial charge in [0.25, 0.3) is 11.8 Å². The first kappa shape index (κ1) is 24.6. The number of carbonyl (C=O) groups is 2. The van der Waals surface area contributed by atoms with Crippen molar-refractivity contribution >= 4 is 39.9 Å². The van der Waals surface area contributed by atoms with E-state index in [2.05, 4.69) is 25.3 Å².